The molecule has 1 aliphatic carbocycles. The average molecular weight is 383 g/mol. The monoisotopic (exact) mass is 382 g/mol. The first kappa shape index (κ1) is 18.4. The van der Waals surface area contributed by atoms with Crippen molar-refractivity contribution in [1.29, 1.82) is 0 Å². The molecule has 0 spiro atoms. The summed E-state index contributed by atoms with van der Waals surface area (Å²) in [5.41, 5.74) is 0.989. The number of sulfone groups is 1. The second-order valence-corrected chi connectivity index (χ2v) is 9.90. The van der Waals surface area contributed by atoms with Crippen molar-refractivity contribution in [3.8, 4) is 0 Å². The molecule has 2 aliphatic heterocycles. The Kier molecular flexibility index (Phi) is 5.36. The van der Waals surface area contributed by atoms with Gasteiger partial charge in [-0.1, -0.05) is 0 Å². The zero-order chi connectivity index (χ0) is 18.1. The largest absolute Gasteiger partial charge is 0.383 e. The van der Waals surface area contributed by atoms with Crippen molar-refractivity contribution < 1.29 is 13.2 Å². The molecule has 2 saturated heterocycles. The summed E-state index contributed by atoms with van der Waals surface area (Å²) >= 11 is 0. The molecule has 0 unspecified atom stereocenters. The molecule has 1 aromatic heterocycles. The number of aromatic nitrogens is 2. The van der Waals surface area contributed by atoms with Crippen LogP contribution in [0.5, 0.6) is 0 Å². The molecule has 3 heterocycles. The third kappa shape index (κ3) is 3.98. The number of piperazine rings is 1. The van der Waals surface area contributed by atoms with Crippen molar-refractivity contribution in [3.63, 3.8) is 0 Å². The normalized spacial score (nSPS) is 24.9. The summed E-state index contributed by atoms with van der Waals surface area (Å²) in [6.07, 6.45) is 6.39. The Labute approximate surface area is 156 Å². The number of hydrogen-bond donors (Lipinski definition) is 0. The van der Waals surface area contributed by atoms with E-state index in [1.54, 1.807) is 13.3 Å². The zero-order valence-electron chi connectivity index (χ0n) is 15.6. The lowest BCUT2D eigenvalue weighted by molar-refractivity contribution is 0.0967. The Morgan fingerprint density at radius 1 is 1.23 bits per heavy atom. The molecule has 0 amide bonds. The first-order valence-electron chi connectivity index (χ1n) is 9.79. The molecule has 4 rings (SSSR count). The minimum Gasteiger partial charge on any atom is -0.383 e. The maximum atomic E-state index is 12.8. The van der Waals surface area contributed by atoms with Crippen LogP contribution in [-0.4, -0.2) is 79.5 Å². The van der Waals surface area contributed by atoms with Gasteiger partial charge in [0.2, 0.25) is 15.0 Å². The van der Waals surface area contributed by atoms with Crippen LogP contribution in [0, 0.1) is 5.92 Å². The van der Waals surface area contributed by atoms with Gasteiger partial charge >= 0.3 is 0 Å². The van der Waals surface area contributed by atoms with Crippen LogP contribution in [0.4, 0.5) is 0 Å². The van der Waals surface area contributed by atoms with Crippen molar-refractivity contribution in [3.05, 3.63) is 11.9 Å². The molecule has 0 bridgehead atoms. The predicted octanol–water partition coefficient (Wildman–Crippen LogP) is 0.993. The number of hydrogen-bond acceptors (Lipinski definition) is 6. The maximum Gasteiger partial charge on any atom is 0.227 e. The summed E-state index contributed by atoms with van der Waals surface area (Å²) in [7, 11) is -1.68. The second-order valence-electron chi connectivity index (χ2n) is 7.97. The van der Waals surface area contributed by atoms with E-state index >= 15 is 0 Å². The molecular weight excluding hydrogens is 352 g/mol. The fourth-order valence-corrected chi connectivity index (χ4v) is 6.15. The van der Waals surface area contributed by atoms with Gasteiger partial charge in [-0.15, -0.1) is 0 Å². The van der Waals surface area contributed by atoms with Crippen molar-refractivity contribution in [2.75, 3.05) is 45.6 Å². The summed E-state index contributed by atoms with van der Waals surface area (Å²) in [6.45, 7) is 6.24. The summed E-state index contributed by atoms with van der Waals surface area (Å²) in [6, 6.07) is 0.664. The standard InChI is InChI=1S/C18H30N4O3S/c1-25-10-9-22-17(11-19-18(22)26(23,24)14-15-4-5-15)13-20-7-8-21-6-2-3-16(21)12-20/h11,15-16H,2-10,12-14H2,1H3/t16-/m1/s1. The van der Waals surface area contributed by atoms with Gasteiger partial charge in [0.25, 0.3) is 0 Å². The Hall–Kier alpha value is -0.960. The number of rotatable bonds is 8. The van der Waals surface area contributed by atoms with Crippen molar-refractivity contribution in [2.24, 2.45) is 5.92 Å². The molecule has 1 saturated carbocycles. The average Bonchev–Trinajstić information content (AvgIpc) is 3.13. The highest BCUT2D eigenvalue weighted by molar-refractivity contribution is 7.91. The smallest absolute Gasteiger partial charge is 0.227 e. The fourth-order valence-electron chi connectivity index (χ4n) is 4.29. The van der Waals surface area contributed by atoms with E-state index in [0.717, 1.165) is 44.7 Å². The molecule has 8 heteroatoms. The molecule has 3 fully saturated rings. The summed E-state index contributed by atoms with van der Waals surface area (Å²) < 4.78 is 32.6. The Bertz CT molecular complexity index is 729. The van der Waals surface area contributed by atoms with Crippen LogP contribution in [0.15, 0.2) is 11.4 Å². The Morgan fingerprint density at radius 2 is 2.08 bits per heavy atom. The van der Waals surface area contributed by atoms with E-state index in [1.165, 1.54) is 19.4 Å². The van der Waals surface area contributed by atoms with E-state index in [0.29, 0.717) is 25.1 Å². The van der Waals surface area contributed by atoms with Gasteiger partial charge in [-0.3, -0.25) is 9.80 Å². The Balaban J connectivity index is 1.51. The van der Waals surface area contributed by atoms with Crippen LogP contribution in [-0.2, 0) is 27.7 Å². The highest BCUT2D eigenvalue weighted by Crippen LogP contribution is 2.32. The lowest BCUT2D eigenvalue weighted by atomic mass is 10.1. The van der Waals surface area contributed by atoms with Crippen LogP contribution in [0.1, 0.15) is 31.4 Å². The SMILES string of the molecule is COCCn1c(CN2CCN3CCC[C@@H]3C2)cnc1S(=O)(=O)CC1CC1. The quantitative estimate of drug-likeness (QED) is 0.668. The van der Waals surface area contributed by atoms with Gasteiger partial charge in [0.05, 0.1) is 24.3 Å². The molecule has 26 heavy (non-hydrogen) atoms. The topological polar surface area (TPSA) is 67.7 Å². The van der Waals surface area contributed by atoms with E-state index in [9.17, 15) is 8.42 Å². The first-order chi connectivity index (χ1) is 12.6. The molecule has 1 aromatic rings. The lowest BCUT2D eigenvalue weighted by Gasteiger charge is -2.37. The van der Waals surface area contributed by atoms with Gasteiger partial charge < -0.3 is 9.30 Å². The van der Waals surface area contributed by atoms with Crippen molar-refractivity contribution in [2.45, 2.75) is 50.0 Å². The minimum atomic E-state index is -3.32. The first-order valence-corrected chi connectivity index (χ1v) is 11.4. The van der Waals surface area contributed by atoms with Gasteiger partial charge in [-0.25, -0.2) is 13.4 Å². The molecule has 146 valence electrons. The third-order valence-electron chi connectivity index (χ3n) is 5.91. The van der Waals surface area contributed by atoms with Gasteiger partial charge in [-0.05, 0) is 38.1 Å². The van der Waals surface area contributed by atoms with Gasteiger partial charge in [0.1, 0.15) is 0 Å². The number of imidazole rings is 1. The third-order valence-corrected chi connectivity index (χ3v) is 7.70. The lowest BCUT2D eigenvalue weighted by Crippen LogP contribution is -2.49. The van der Waals surface area contributed by atoms with E-state index < -0.39 is 9.84 Å². The van der Waals surface area contributed by atoms with E-state index in [-0.39, 0.29) is 10.9 Å². The molecule has 0 aromatic carbocycles. The molecule has 1 atom stereocenters. The summed E-state index contributed by atoms with van der Waals surface area (Å²) in [4.78, 5) is 9.37. The molecule has 0 N–H and O–H groups in total. The van der Waals surface area contributed by atoms with Gasteiger partial charge in [-0.2, -0.15) is 0 Å². The Morgan fingerprint density at radius 3 is 2.85 bits per heavy atom. The van der Waals surface area contributed by atoms with Crippen LogP contribution in [0.3, 0.4) is 0 Å². The number of methoxy groups -OCH3 is 1. The number of fused-ring (bicyclic) bond motifs is 1. The van der Waals surface area contributed by atoms with Crippen LogP contribution < -0.4 is 0 Å². The summed E-state index contributed by atoms with van der Waals surface area (Å²) in [5, 5.41) is 0.232. The zero-order valence-corrected chi connectivity index (χ0v) is 16.5. The highest BCUT2D eigenvalue weighted by atomic mass is 32.2. The predicted molar refractivity (Wildman–Crippen MR) is 98.8 cm³/mol. The maximum absolute atomic E-state index is 12.8. The number of ether oxygens (including phenoxy) is 1. The second kappa shape index (κ2) is 7.58. The van der Waals surface area contributed by atoms with Gasteiger partial charge in [0, 0.05) is 45.9 Å². The van der Waals surface area contributed by atoms with Crippen LogP contribution >= 0.6 is 0 Å². The molecule has 7 nitrogen and oxygen atoms in total. The highest BCUT2D eigenvalue weighted by Gasteiger charge is 2.34. The van der Waals surface area contributed by atoms with Crippen LogP contribution in [0.2, 0.25) is 0 Å². The molecule has 3 aliphatic rings. The van der Waals surface area contributed by atoms with E-state index in [2.05, 4.69) is 14.8 Å². The van der Waals surface area contributed by atoms with E-state index in [4.69, 9.17) is 4.74 Å². The van der Waals surface area contributed by atoms with Crippen LogP contribution in [0.25, 0.3) is 0 Å². The van der Waals surface area contributed by atoms with Crippen molar-refractivity contribution in [1.82, 2.24) is 19.4 Å². The van der Waals surface area contributed by atoms with Crippen molar-refractivity contribution >= 4 is 9.84 Å². The summed E-state index contributed by atoms with van der Waals surface area (Å²) in [5.74, 6) is 0.559. The number of nitrogens with zero attached hydrogens (tertiary/aromatic N) is 4. The molecular formula is C18H30N4O3S. The molecule has 0 radical (unpaired) electrons. The van der Waals surface area contributed by atoms with E-state index in [1.807, 2.05) is 4.57 Å². The van der Waals surface area contributed by atoms with Gasteiger partial charge in [0.15, 0.2) is 0 Å². The fraction of sp³-hybridized carbons (Fsp3) is 0.833. The minimum absolute atomic E-state index is 0.232.